The minimum atomic E-state index is -0.460. The second-order valence-corrected chi connectivity index (χ2v) is 5.29. The summed E-state index contributed by atoms with van der Waals surface area (Å²) in [5.74, 6) is 1.17. The number of rotatable bonds is 5. The molecule has 6 nitrogen and oxygen atoms in total. The summed E-state index contributed by atoms with van der Waals surface area (Å²) in [5, 5.41) is 11.4. The Kier molecular flexibility index (Phi) is 4.61. The summed E-state index contributed by atoms with van der Waals surface area (Å²) in [6.45, 7) is 2.35. The number of halogens is 2. The van der Waals surface area contributed by atoms with Crippen LogP contribution in [0.3, 0.4) is 0 Å². The summed E-state index contributed by atoms with van der Waals surface area (Å²) in [6, 6.07) is 5.18. The van der Waals surface area contributed by atoms with E-state index in [0.717, 1.165) is 4.47 Å². The van der Waals surface area contributed by atoms with Crippen molar-refractivity contribution >= 4 is 33.3 Å². The van der Waals surface area contributed by atoms with E-state index in [1.165, 1.54) is 10.8 Å². The molecule has 0 saturated heterocycles. The first kappa shape index (κ1) is 14.8. The molecule has 1 aromatic heterocycles. The molecular formula is C12H11BrClN3O3. The van der Waals surface area contributed by atoms with Crippen LogP contribution in [0, 0.1) is 17.0 Å². The topological polar surface area (TPSA) is 70.2 Å². The van der Waals surface area contributed by atoms with Crippen LogP contribution in [0.25, 0.3) is 0 Å². The Morgan fingerprint density at radius 3 is 2.95 bits per heavy atom. The molecule has 0 amide bonds. The predicted molar refractivity (Wildman–Crippen MR) is 78.3 cm³/mol. The molecule has 20 heavy (non-hydrogen) atoms. The van der Waals surface area contributed by atoms with Crippen LogP contribution >= 0.6 is 27.5 Å². The van der Waals surface area contributed by atoms with Crippen LogP contribution in [-0.4, -0.2) is 21.1 Å². The molecule has 1 heterocycles. The van der Waals surface area contributed by atoms with Gasteiger partial charge in [0.25, 0.3) is 0 Å². The van der Waals surface area contributed by atoms with Gasteiger partial charge in [-0.05, 0) is 39.1 Å². The van der Waals surface area contributed by atoms with Crippen LogP contribution in [0.2, 0.25) is 5.02 Å². The lowest BCUT2D eigenvalue weighted by atomic mass is 10.3. The maximum Gasteiger partial charge on any atom is 0.342 e. The molecule has 0 aliphatic carbocycles. The van der Waals surface area contributed by atoms with E-state index in [4.69, 9.17) is 16.3 Å². The van der Waals surface area contributed by atoms with Gasteiger partial charge in [-0.15, -0.1) is 0 Å². The van der Waals surface area contributed by atoms with E-state index in [1.54, 1.807) is 25.1 Å². The predicted octanol–water partition coefficient (Wildman–Crippen LogP) is 3.59. The maximum atomic E-state index is 10.8. The number of aromatic nitrogens is 2. The standard InChI is InChI=1S/C12H11BrClN3O3/c1-8-15-7-12(17(18)19)16(8)4-5-20-11-3-2-9(14)6-10(11)13/h2-3,6-7H,4-5H2,1H3. The highest BCUT2D eigenvalue weighted by Crippen LogP contribution is 2.28. The first-order valence-corrected chi connectivity index (χ1v) is 6.90. The van der Waals surface area contributed by atoms with Gasteiger partial charge in [0, 0.05) is 11.9 Å². The third-order valence-corrected chi connectivity index (χ3v) is 3.54. The van der Waals surface area contributed by atoms with Gasteiger partial charge in [0.15, 0.2) is 5.82 Å². The Morgan fingerprint density at radius 1 is 1.55 bits per heavy atom. The molecule has 0 saturated carbocycles. The molecule has 0 unspecified atom stereocenters. The van der Waals surface area contributed by atoms with Crippen molar-refractivity contribution < 1.29 is 9.66 Å². The fourth-order valence-corrected chi connectivity index (χ4v) is 2.51. The number of hydrogen-bond donors (Lipinski definition) is 0. The first-order chi connectivity index (χ1) is 9.49. The highest BCUT2D eigenvalue weighted by atomic mass is 79.9. The van der Waals surface area contributed by atoms with Crippen LogP contribution < -0.4 is 4.74 Å². The van der Waals surface area contributed by atoms with Gasteiger partial charge in [0.05, 0.1) is 4.47 Å². The van der Waals surface area contributed by atoms with Gasteiger partial charge in [-0.1, -0.05) is 11.6 Å². The average molecular weight is 361 g/mol. The summed E-state index contributed by atoms with van der Waals surface area (Å²) < 4.78 is 7.82. The molecule has 0 radical (unpaired) electrons. The number of aryl methyl sites for hydroxylation is 1. The number of imidazole rings is 1. The summed E-state index contributed by atoms with van der Waals surface area (Å²) in [7, 11) is 0. The van der Waals surface area contributed by atoms with E-state index in [2.05, 4.69) is 20.9 Å². The largest absolute Gasteiger partial charge is 0.488 e. The van der Waals surface area contributed by atoms with Gasteiger partial charge in [0.2, 0.25) is 0 Å². The van der Waals surface area contributed by atoms with Crippen molar-refractivity contribution in [3.63, 3.8) is 0 Å². The van der Waals surface area contributed by atoms with Crippen LogP contribution in [0.4, 0.5) is 5.82 Å². The lowest BCUT2D eigenvalue weighted by molar-refractivity contribution is -0.392. The van der Waals surface area contributed by atoms with Gasteiger partial charge in [-0.25, -0.2) is 9.55 Å². The molecule has 8 heteroatoms. The molecule has 0 spiro atoms. The zero-order valence-corrected chi connectivity index (χ0v) is 12.9. The van der Waals surface area contributed by atoms with Gasteiger partial charge >= 0.3 is 5.82 Å². The molecule has 1 aromatic carbocycles. The number of ether oxygens (including phenoxy) is 1. The van der Waals surface area contributed by atoms with Gasteiger partial charge in [-0.2, -0.15) is 0 Å². The van der Waals surface area contributed by atoms with Crippen LogP contribution in [0.1, 0.15) is 5.82 Å². The lowest BCUT2D eigenvalue weighted by Crippen LogP contribution is -2.12. The zero-order chi connectivity index (χ0) is 14.7. The summed E-state index contributed by atoms with van der Waals surface area (Å²) >= 11 is 9.18. The minimum absolute atomic E-state index is 0.0405. The third-order valence-electron chi connectivity index (χ3n) is 2.69. The first-order valence-electron chi connectivity index (χ1n) is 5.73. The fourth-order valence-electron chi connectivity index (χ4n) is 1.72. The van der Waals surface area contributed by atoms with Crippen LogP contribution in [0.5, 0.6) is 5.75 Å². The van der Waals surface area contributed by atoms with Crippen molar-refractivity contribution in [2.75, 3.05) is 6.61 Å². The van der Waals surface area contributed by atoms with E-state index >= 15 is 0 Å². The van der Waals surface area contributed by atoms with Crippen molar-refractivity contribution in [3.8, 4) is 5.75 Å². The van der Waals surface area contributed by atoms with Crippen molar-refractivity contribution in [2.45, 2.75) is 13.5 Å². The van der Waals surface area contributed by atoms with Crippen molar-refractivity contribution in [1.29, 1.82) is 0 Å². The molecule has 0 bridgehead atoms. The Balaban J connectivity index is 2.03. The summed E-state index contributed by atoms with van der Waals surface area (Å²) in [6.07, 6.45) is 1.24. The Bertz CT molecular complexity index is 645. The molecular weight excluding hydrogens is 350 g/mol. The second-order valence-electron chi connectivity index (χ2n) is 4.00. The van der Waals surface area contributed by atoms with E-state index in [-0.39, 0.29) is 12.4 Å². The average Bonchev–Trinajstić information content (AvgIpc) is 2.74. The molecule has 0 aliphatic heterocycles. The molecule has 0 atom stereocenters. The van der Waals surface area contributed by atoms with Crippen LogP contribution in [0.15, 0.2) is 28.9 Å². The number of hydrogen-bond acceptors (Lipinski definition) is 4. The Morgan fingerprint density at radius 2 is 2.30 bits per heavy atom. The van der Waals surface area contributed by atoms with Gasteiger partial charge < -0.3 is 14.9 Å². The normalized spacial score (nSPS) is 10.6. The number of nitrogens with zero attached hydrogens (tertiary/aromatic N) is 3. The van der Waals surface area contributed by atoms with Crippen molar-refractivity contribution in [3.05, 3.63) is 49.8 Å². The van der Waals surface area contributed by atoms with Gasteiger partial charge in [0.1, 0.15) is 25.1 Å². The molecule has 0 aliphatic rings. The fraction of sp³-hybridized carbons (Fsp3) is 0.250. The highest BCUT2D eigenvalue weighted by Gasteiger charge is 2.17. The third kappa shape index (κ3) is 3.29. The summed E-state index contributed by atoms with van der Waals surface area (Å²) in [5.41, 5.74) is 0. The molecule has 2 rings (SSSR count). The molecule has 0 fully saturated rings. The van der Waals surface area contributed by atoms with E-state index in [0.29, 0.717) is 23.1 Å². The van der Waals surface area contributed by atoms with Gasteiger partial charge in [-0.3, -0.25) is 0 Å². The Labute approximate surface area is 128 Å². The molecule has 2 aromatic rings. The molecule has 106 valence electrons. The van der Waals surface area contributed by atoms with Crippen LogP contribution in [-0.2, 0) is 6.54 Å². The molecule has 0 N–H and O–H groups in total. The van der Waals surface area contributed by atoms with Crippen molar-refractivity contribution in [1.82, 2.24) is 9.55 Å². The van der Waals surface area contributed by atoms with Crippen molar-refractivity contribution in [2.24, 2.45) is 0 Å². The zero-order valence-electron chi connectivity index (χ0n) is 10.5. The number of nitro groups is 1. The number of benzene rings is 1. The highest BCUT2D eigenvalue weighted by molar-refractivity contribution is 9.10. The van der Waals surface area contributed by atoms with E-state index in [1.807, 2.05) is 0 Å². The second kappa shape index (κ2) is 6.23. The lowest BCUT2D eigenvalue weighted by Gasteiger charge is -2.08. The quantitative estimate of drug-likeness (QED) is 0.603. The SMILES string of the molecule is Cc1ncc([N+](=O)[O-])n1CCOc1ccc(Cl)cc1Br. The van der Waals surface area contributed by atoms with E-state index in [9.17, 15) is 10.1 Å². The van der Waals surface area contributed by atoms with E-state index < -0.39 is 4.92 Å². The minimum Gasteiger partial charge on any atom is -0.488 e. The monoisotopic (exact) mass is 359 g/mol. The smallest absolute Gasteiger partial charge is 0.342 e. The Hall–Kier alpha value is -1.60. The maximum absolute atomic E-state index is 10.8. The summed E-state index contributed by atoms with van der Waals surface area (Å²) in [4.78, 5) is 14.3.